The van der Waals surface area contributed by atoms with Crippen LogP contribution in [0.25, 0.3) is 0 Å². The number of hydrogen-bond donors (Lipinski definition) is 2. The molecule has 1 amide bonds. The van der Waals surface area contributed by atoms with Crippen molar-refractivity contribution < 1.29 is 9.72 Å². The van der Waals surface area contributed by atoms with Gasteiger partial charge in [0.05, 0.1) is 15.6 Å². The summed E-state index contributed by atoms with van der Waals surface area (Å²) in [4.78, 5) is 22.6. The van der Waals surface area contributed by atoms with Crippen LogP contribution in [0.15, 0.2) is 40.9 Å². The molecule has 0 saturated carbocycles. The largest absolute Gasteiger partial charge is 0.393 e. The molecule has 21 heavy (non-hydrogen) atoms. The van der Waals surface area contributed by atoms with Crippen LogP contribution in [0, 0.1) is 10.1 Å². The van der Waals surface area contributed by atoms with Crippen molar-refractivity contribution in [2.24, 2.45) is 0 Å². The minimum absolute atomic E-state index is 0.0759. The highest BCUT2D eigenvalue weighted by atomic mass is 79.9. The lowest BCUT2D eigenvalue weighted by atomic mass is 10.1. The second-order valence-electron chi connectivity index (χ2n) is 4.08. The number of anilines is 2. The third-order valence-electron chi connectivity index (χ3n) is 2.67. The van der Waals surface area contributed by atoms with Gasteiger partial charge in [0.1, 0.15) is 11.3 Å². The Bertz CT molecular complexity index is 737. The van der Waals surface area contributed by atoms with Crippen molar-refractivity contribution >= 4 is 50.5 Å². The Balaban J connectivity index is 2.40. The first-order valence-electron chi connectivity index (χ1n) is 5.69. The highest BCUT2D eigenvalue weighted by Gasteiger charge is 2.23. The lowest BCUT2D eigenvalue weighted by Crippen LogP contribution is -2.15. The van der Waals surface area contributed by atoms with Gasteiger partial charge in [0.25, 0.3) is 5.91 Å². The van der Waals surface area contributed by atoms with Crippen molar-refractivity contribution in [1.29, 1.82) is 0 Å². The molecule has 2 aromatic carbocycles. The third kappa shape index (κ3) is 3.32. The second kappa shape index (κ2) is 6.11. The van der Waals surface area contributed by atoms with Gasteiger partial charge in [-0.2, -0.15) is 0 Å². The monoisotopic (exact) mass is 369 g/mol. The maximum absolute atomic E-state index is 12.2. The summed E-state index contributed by atoms with van der Waals surface area (Å²) in [6.07, 6.45) is 0. The molecule has 2 rings (SSSR count). The highest BCUT2D eigenvalue weighted by Crippen LogP contribution is 2.29. The Hall–Kier alpha value is -2.12. The summed E-state index contributed by atoms with van der Waals surface area (Å²) in [5, 5.41) is 13.9. The lowest BCUT2D eigenvalue weighted by molar-refractivity contribution is -0.384. The molecule has 0 aromatic heterocycles. The summed E-state index contributed by atoms with van der Waals surface area (Å²) < 4.78 is 0.712. The van der Waals surface area contributed by atoms with E-state index in [4.69, 9.17) is 17.3 Å². The van der Waals surface area contributed by atoms with Gasteiger partial charge in [-0.05, 0) is 30.3 Å². The van der Waals surface area contributed by atoms with Crippen LogP contribution in [0.4, 0.5) is 17.1 Å². The smallest absolute Gasteiger partial charge is 0.304 e. The van der Waals surface area contributed by atoms with Crippen molar-refractivity contribution in [2.45, 2.75) is 0 Å². The summed E-state index contributed by atoms with van der Waals surface area (Å²) in [6.45, 7) is 0. The first-order valence-corrected chi connectivity index (χ1v) is 6.86. The Morgan fingerprint density at radius 3 is 2.71 bits per heavy atom. The molecule has 0 spiro atoms. The fraction of sp³-hybridized carbons (Fsp3) is 0. The Kier molecular flexibility index (Phi) is 4.44. The molecule has 0 heterocycles. The van der Waals surface area contributed by atoms with Crippen molar-refractivity contribution in [3.05, 3.63) is 61.6 Å². The molecule has 2 aromatic rings. The first kappa shape index (κ1) is 15.3. The number of carbonyl (C=O) groups excluding carboxylic acids is 1. The summed E-state index contributed by atoms with van der Waals surface area (Å²) in [5.41, 5.74) is 5.26. The van der Waals surface area contributed by atoms with E-state index in [0.29, 0.717) is 15.2 Å². The Morgan fingerprint density at radius 1 is 1.33 bits per heavy atom. The maximum atomic E-state index is 12.2. The molecule has 108 valence electrons. The van der Waals surface area contributed by atoms with Crippen LogP contribution in [-0.2, 0) is 0 Å². The number of amides is 1. The van der Waals surface area contributed by atoms with Gasteiger partial charge in [-0.1, -0.05) is 33.6 Å². The van der Waals surface area contributed by atoms with Gasteiger partial charge in [0.15, 0.2) is 0 Å². The molecular formula is C13H9BrClN3O3. The van der Waals surface area contributed by atoms with Gasteiger partial charge < -0.3 is 11.1 Å². The minimum Gasteiger partial charge on any atom is -0.393 e. The first-order chi connectivity index (χ1) is 9.90. The number of carbonyl (C=O) groups is 1. The number of nitrogen functional groups attached to an aromatic ring is 1. The molecule has 0 aliphatic rings. The summed E-state index contributed by atoms with van der Waals surface area (Å²) in [5.74, 6) is -0.658. The lowest BCUT2D eigenvalue weighted by Gasteiger charge is -2.09. The van der Waals surface area contributed by atoms with E-state index in [2.05, 4.69) is 21.2 Å². The molecule has 0 radical (unpaired) electrons. The number of nitrogens with one attached hydrogen (secondary N) is 1. The van der Waals surface area contributed by atoms with Gasteiger partial charge >= 0.3 is 5.69 Å². The molecule has 0 bridgehead atoms. The third-order valence-corrected chi connectivity index (χ3v) is 3.49. The number of nitro benzene ring substituents is 1. The average Bonchev–Trinajstić information content (AvgIpc) is 2.42. The Morgan fingerprint density at radius 2 is 2.05 bits per heavy atom. The van der Waals surface area contributed by atoms with Crippen LogP contribution in [0.3, 0.4) is 0 Å². The van der Waals surface area contributed by atoms with Crippen LogP contribution >= 0.6 is 27.5 Å². The fourth-order valence-corrected chi connectivity index (χ4v) is 2.26. The number of benzene rings is 2. The summed E-state index contributed by atoms with van der Waals surface area (Å²) >= 11 is 9.22. The van der Waals surface area contributed by atoms with E-state index in [1.54, 1.807) is 18.2 Å². The van der Waals surface area contributed by atoms with Gasteiger partial charge in [0, 0.05) is 4.47 Å². The van der Waals surface area contributed by atoms with Crippen LogP contribution < -0.4 is 11.1 Å². The fourth-order valence-electron chi connectivity index (χ4n) is 1.73. The molecule has 8 heteroatoms. The molecule has 0 fully saturated rings. The molecule has 0 unspecified atom stereocenters. The zero-order chi connectivity index (χ0) is 15.6. The van der Waals surface area contributed by atoms with E-state index < -0.39 is 16.5 Å². The van der Waals surface area contributed by atoms with Crippen molar-refractivity contribution in [2.75, 3.05) is 11.1 Å². The van der Waals surface area contributed by atoms with Crippen LogP contribution in [-0.4, -0.2) is 10.8 Å². The molecule has 0 aliphatic carbocycles. The molecule has 0 aliphatic heterocycles. The van der Waals surface area contributed by atoms with E-state index in [9.17, 15) is 14.9 Å². The highest BCUT2D eigenvalue weighted by molar-refractivity contribution is 9.10. The topological polar surface area (TPSA) is 98.3 Å². The van der Waals surface area contributed by atoms with Crippen LogP contribution in [0.1, 0.15) is 10.4 Å². The second-order valence-corrected chi connectivity index (χ2v) is 5.40. The zero-order valence-corrected chi connectivity index (χ0v) is 12.8. The Labute approximate surface area is 133 Å². The van der Waals surface area contributed by atoms with E-state index in [0.717, 1.165) is 0 Å². The molecule has 0 atom stereocenters. The summed E-state index contributed by atoms with van der Waals surface area (Å²) in [7, 11) is 0. The quantitative estimate of drug-likeness (QED) is 0.487. The van der Waals surface area contributed by atoms with Gasteiger partial charge in [0.2, 0.25) is 0 Å². The van der Waals surface area contributed by atoms with Crippen molar-refractivity contribution in [3.8, 4) is 0 Å². The molecular weight excluding hydrogens is 362 g/mol. The summed E-state index contributed by atoms with van der Waals surface area (Å²) in [6, 6.07) is 9.06. The number of para-hydroxylation sites is 1. The number of nitrogens with zero attached hydrogens (tertiary/aromatic N) is 1. The zero-order valence-electron chi connectivity index (χ0n) is 10.5. The number of rotatable bonds is 3. The van der Waals surface area contributed by atoms with E-state index in [1.165, 1.54) is 18.2 Å². The maximum Gasteiger partial charge on any atom is 0.304 e. The molecule has 3 N–H and O–H groups in total. The predicted molar refractivity (Wildman–Crippen MR) is 84.6 cm³/mol. The van der Waals surface area contributed by atoms with E-state index in [1.807, 2.05) is 0 Å². The molecule has 6 nitrogen and oxygen atoms in total. The van der Waals surface area contributed by atoms with Gasteiger partial charge in [-0.3, -0.25) is 14.9 Å². The van der Waals surface area contributed by atoms with Crippen LogP contribution in [0.2, 0.25) is 5.02 Å². The van der Waals surface area contributed by atoms with Crippen molar-refractivity contribution in [3.63, 3.8) is 0 Å². The van der Waals surface area contributed by atoms with E-state index in [-0.39, 0.29) is 11.3 Å². The molecule has 0 saturated heterocycles. The van der Waals surface area contributed by atoms with Crippen molar-refractivity contribution in [1.82, 2.24) is 0 Å². The van der Waals surface area contributed by atoms with Gasteiger partial charge in [-0.25, -0.2) is 0 Å². The number of hydrogen-bond acceptors (Lipinski definition) is 4. The number of nitrogens with two attached hydrogens (primary N) is 1. The predicted octanol–water partition coefficient (Wildman–Crippen LogP) is 3.85. The average molecular weight is 371 g/mol. The normalized spacial score (nSPS) is 10.2. The van der Waals surface area contributed by atoms with E-state index >= 15 is 0 Å². The minimum atomic E-state index is -0.688. The number of nitro groups is 1. The standard InChI is InChI=1S/C13H9BrClN3O3/c14-7-4-5-9(15)11(6-7)17-13(19)8-2-1-3-10(16)12(8)18(20)21/h1-6H,16H2,(H,17,19). The van der Waals surface area contributed by atoms with Gasteiger partial charge in [-0.15, -0.1) is 0 Å². The number of halogens is 2. The SMILES string of the molecule is Nc1cccc(C(=O)Nc2cc(Br)ccc2Cl)c1[N+](=O)[O-]. The van der Waals surface area contributed by atoms with Crippen LogP contribution in [0.5, 0.6) is 0 Å².